The fourth-order valence-corrected chi connectivity index (χ4v) is 1.84. The van der Waals surface area contributed by atoms with Crippen LogP contribution in [0.25, 0.3) is 0 Å². The van der Waals surface area contributed by atoms with Crippen molar-refractivity contribution < 1.29 is 4.79 Å². The van der Waals surface area contributed by atoms with Gasteiger partial charge >= 0.3 is 0 Å². The number of anilines is 1. The molecule has 1 rings (SSSR count). The molecule has 94 valence electrons. The Morgan fingerprint density at radius 1 is 1.24 bits per heavy atom. The lowest BCUT2D eigenvalue weighted by Gasteiger charge is -2.25. The van der Waals surface area contributed by atoms with E-state index in [4.69, 9.17) is 0 Å². The number of nitrogens with zero attached hydrogens (tertiary/aromatic N) is 1. The maximum atomic E-state index is 12.2. The molecule has 1 N–H and O–H groups in total. The quantitative estimate of drug-likeness (QED) is 0.849. The molecule has 0 bridgehead atoms. The van der Waals surface area contributed by atoms with Gasteiger partial charge in [0.25, 0.3) is 5.91 Å². The first-order valence-corrected chi connectivity index (χ1v) is 6.25. The minimum absolute atomic E-state index is 0.102. The van der Waals surface area contributed by atoms with Crippen LogP contribution in [-0.2, 0) is 0 Å². The van der Waals surface area contributed by atoms with Gasteiger partial charge in [-0.1, -0.05) is 0 Å². The van der Waals surface area contributed by atoms with E-state index in [0.29, 0.717) is 0 Å². The Hall–Kier alpha value is -1.51. The zero-order valence-electron chi connectivity index (χ0n) is 11.2. The van der Waals surface area contributed by atoms with E-state index < -0.39 is 0 Å². The number of nitrogens with one attached hydrogen (secondary N) is 1. The van der Waals surface area contributed by atoms with Crippen molar-refractivity contribution in [2.24, 2.45) is 0 Å². The average Bonchev–Trinajstić information content (AvgIpc) is 2.30. The van der Waals surface area contributed by atoms with Crippen LogP contribution in [0.2, 0.25) is 0 Å². The first kappa shape index (κ1) is 13.6. The first-order chi connectivity index (χ1) is 8.10. The van der Waals surface area contributed by atoms with Crippen molar-refractivity contribution in [3.8, 4) is 0 Å². The molecular weight excluding hydrogens is 212 g/mol. The second-order valence-corrected chi connectivity index (χ2v) is 4.29. The highest BCUT2D eigenvalue weighted by atomic mass is 16.2. The fourth-order valence-electron chi connectivity index (χ4n) is 1.84. The normalized spacial score (nSPS) is 10.4. The third-order valence-corrected chi connectivity index (χ3v) is 2.74. The van der Waals surface area contributed by atoms with Crippen LogP contribution in [0.4, 0.5) is 5.69 Å². The summed E-state index contributed by atoms with van der Waals surface area (Å²) in [4.78, 5) is 14.1. The Balaban J connectivity index is 2.81. The van der Waals surface area contributed by atoms with Gasteiger partial charge in [-0.05, 0) is 52.0 Å². The van der Waals surface area contributed by atoms with Gasteiger partial charge in [0.15, 0.2) is 0 Å². The van der Waals surface area contributed by atoms with E-state index in [0.717, 1.165) is 24.3 Å². The fraction of sp³-hybridized carbons (Fsp3) is 0.500. The molecule has 17 heavy (non-hydrogen) atoms. The third kappa shape index (κ3) is 3.48. The van der Waals surface area contributed by atoms with E-state index in [2.05, 4.69) is 12.2 Å². The van der Waals surface area contributed by atoms with Gasteiger partial charge in [-0.3, -0.25) is 4.79 Å². The first-order valence-electron chi connectivity index (χ1n) is 6.25. The summed E-state index contributed by atoms with van der Waals surface area (Å²) >= 11 is 0. The van der Waals surface area contributed by atoms with E-state index in [1.54, 1.807) is 0 Å². The monoisotopic (exact) mass is 234 g/mol. The molecule has 0 aliphatic carbocycles. The van der Waals surface area contributed by atoms with Gasteiger partial charge in [0.05, 0.1) is 0 Å². The Kier molecular flexibility index (Phi) is 5.01. The lowest BCUT2D eigenvalue weighted by Crippen LogP contribution is -2.36. The second-order valence-electron chi connectivity index (χ2n) is 4.29. The molecule has 0 fully saturated rings. The average molecular weight is 234 g/mol. The van der Waals surface area contributed by atoms with Crippen molar-refractivity contribution in [1.82, 2.24) is 4.90 Å². The Bertz CT molecular complexity index is 357. The van der Waals surface area contributed by atoms with Crippen LogP contribution >= 0.6 is 0 Å². The molecule has 0 radical (unpaired) electrons. The van der Waals surface area contributed by atoms with Gasteiger partial charge in [0.1, 0.15) is 0 Å². The number of rotatable bonds is 5. The van der Waals surface area contributed by atoms with E-state index in [1.807, 2.05) is 49.9 Å². The highest BCUT2D eigenvalue weighted by Gasteiger charge is 2.16. The van der Waals surface area contributed by atoms with E-state index >= 15 is 0 Å². The van der Waals surface area contributed by atoms with Crippen LogP contribution in [0.15, 0.2) is 24.3 Å². The molecule has 0 heterocycles. The smallest absolute Gasteiger partial charge is 0.254 e. The van der Waals surface area contributed by atoms with Gasteiger partial charge in [0.2, 0.25) is 0 Å². The van der Waals surface area contributed by atoms with Crippen molar-refractivity contribution in [1.29, 1.82) is 0 Å². The van der Waals surface area contributed by atoms with Gasteiger partial charge in [-0.25, -0.2) is 0 Å². The molecule has 1 amide bonds. The van der Waals surface area contributed by atoms with Crippen molar-refractivity contribution >= 4 is 11.6 Å². The topological polar surface area (TPSA) is 32.3 Å². The molecular formula is C14H22N2O. The summed E-state index contributed by atoms with van der Waals surface area (Å²) in [6, 6.07) is 7.90. The van der Waals surface area contributed by atoms with E-state index in [1.165, 1.54) is 0 Å². The summed E-state index contributed by atoms with van der Waals surface area (Å²) in [5, 5.41) is 3.21. The predicted octanol–water partition coefficient (Wildman–Crippen LogP) is 2.99. The predicted molar refractivity (Wildman–Crippen MR) is 72.5 cm³/mol. The van der Waals surface area contributed by atoms with Crippen LogP contribution in [0.5, 0.6) is 0 Å². The molecule has 0 unspecified atom stereocenters. The summed E-state index contributed by atoms with van der Waals surface area (Å²) in [7, 11) is 0. The van der Waals surface area contributed by atoms with Crippen LogP contribution in [0, 0.1) is 0 Å². The van der Waals surface area contributed by atoms with Crippen LogP contribution in [-0.4, -0.2) is 29.9 Å². The molecule has 0 aliphatic rings. The Morgan fingerprint density at radius 3 is 2.24 bits per heavy atom. The molecule has 0 aliphatic heterocycles. The number of hydrogen-bond acceptors (Lipinski definition) is 2. The molecule has 0 atom stereocenters. The lowest BCUT2D eigenvalue weighted by molar-refractivity contribution is 0.0717. The summed E-state index contributed by atoms with van der Waals surface area (Å²) in [5.41, 5.74) is 1.80. The number of amides is 1. The van der Waals surface area contributed by atoms with Gasteiger partial charge < -0.3 is 10.2 Å². The Morgan fingerprint density at radius 2 is 1.82 bits per heavy atom. The molecule has 1 aromatic rings. The zero-order chi connectivity index (χ0) is 12.8. The molecule has 0 saturated heterocycles. The second kappa shape index (κ2) is 6.28. The van der Waals surface area contributed by atoms with Gasteiger partial charge in [-0.2, -0.15) is 0 Å². The SMILES string of the molecule is CCNc1ccc(C(=O)N(CC)C(C)C)cc1. The van der Waals surface area contributed by atoms with Crippen molar-refractivity contribution in [3.05, 3.63) is 29.8 Å². The van der Waals surface area contributed by atoms with Crippen LogP contribution in [0.3, 0.4) is 0 Å². The van der Waals surface area contributed by atoms with Crippen molar-refractivity contribution in [3.63, 3.8) is 0 Å². The Labute approximate surface area is 104 Å². The summed E-state index contributed by atoms with van der Waals surface area (Å²) in [6.07, 6.45) is 0. The number of carbonyl (C=O) groups is 1. The summed E-state index contributed by atoms with van der Waals surface area (Å²) < 4.78 is 0. The number of carbonyl (C=O) groups excluding carboxylic acids is 1. The van der Waals surface area contributed by atoms with Gasteiger partial charge in [-0.15, -0.1) is 0 Å². The minimum atomic E-state index is 0.102. The largest absolute Gasteiger partial charge is 0.385 e. The maximum Gasteiger partial charge on any atom is 0.254 e. The van der Waals surface area contributed by atoms with Crippen LogP contribution < -0.4 is 5.32 Å². The van der Waals surface area contributed by atoms with E-state index in [-0.39, 0.29) is 11.9 Å². The molecule has 0 saturated carbocycles. The lowest BCUT2D eigenvalue weighted by atomic mass is 10.1. The summed E-state index contributed by atoms with van der Waals surface area (Å²) in [6.45, 7) is 9.76. The zero-order valence-corrected chi connectivity index (χ0v) is 11.2. The highest BCUT2D eigenvalue weighted by Crippen LogP contribution is 2.12. The molecule has 3 heteroatoms. The maximum absolute atomic E-state index is 12.2. The molecule has 3 nitrogen and oxygen atoms in total. The molecule has 0 aromatic heterocycles. The van der Waals surface area contributed by atoms with Crippen molar-refractivity contribution in [2.45, 2.75) is 33.7 Å². The summed E-state index contributed by atoms with van der Waals surface area (Å²) in [5.74, 6) is 0.102. The number of benzene rings is 1. The number of hydrogen-bond donors (Lipinski definition) is 1. The van der Waals surface area contributed by atoms with Gasteiger partial charge in [0, 0.05) is 30.4 Å². The van der Waals surface area contributed by atoms with E-state index in [9.17, 15) is 4.79 Å². The standard InChI is InChI=1S/C14H22N2O/c1-5-15-13-9-7-12(8-10-13)14(17)16(6-2)11(3)4/h7-11,15H,5-6H2,1-4H3. The molecule has 0 spiro atoms. The van der Waals surface area contributed by atoms with Crippen molar-refractivity contribution in [2.75, 3.05) is 18.4 Å². The highest BCUT2D eigenvalue weighted by molar-refractivity contribution is 5.94. The van der Waals surface area contributed by atoms with Crippen LogP contribution in [0.1, 0.15) is 38.1 Å². The minimum Gasteiger partial charge on any atom is -0.385 e. The third-order valence-electron chi connectivity index (χ3n) is 2.74. The molecule has 1 aromatic carbocycles.